The molecule has 1 heteroatoms. The highest BCUT2D eigenvalue weighted by Crippen LogP contribution is 2.07. The molecule has 1 aromatic rings. The molecule has 1 rings (SSSR count). The Hall–Kier alpha value is -0.750. The monoisotopic (exact) mass is 180 g/mol. The maximum absolute atomic E-state index is 5.93. The van der Waals surface area contributed by atoms with E-state index in [1.807, 2.05) is 24.3 Å². The molecule has 0 radical (unpaired) electrons. The summed E-state index contributed by atoms with van der Waals surface area (Å²) >= 11 is 5.93. The van der Waals surface area contributed by atoms with E-state index in [0.29, 0.717) is 0 Å². The van der Waals surface area contributed by atoms with Gasteiger partial charge in [0.15, 0.2) is 0 Å². The first-order chi connectivity index (χ1) is 5.83. The Bertz CT molecular complexity index is 238. The van der Waals surface area contributed by atoms with Gasteiger partial charge in [-0.15, -0.1) is 11.6 Å². The molecule has 0 aliphatic heterocycles. The van der Waals surface area contributed by atoms with E-state index < -0.39 is 0 Å². The quantitative estimate of drug-likeness (QED) is 0.622. The zero-order valence-corrected chi connectivity index (χ0v) is 7.96. The second-order valence-electron chi connectivity index (χ2n) is 2.69. The lowest BCUT2D eigenvalue weighted by Gasteiger charge is -1.96. The largest absolute Gasteiger partial charge is 0.118 e. The number of benzene rings is 1. The lowest BCUT2D eigenvalue weighted by molar-refractivity contribution is 0.970. The van der Waals surface area contributed by atoms with Crippen LogP contribution in [0.1, 0.15) is 18.9 Å². The van der Waals surface area contributed by atoms with Crippen LogP contribution in [0.5, 0.6) is 0 Å². The van der Waals surface area contributed by atoms with Crippen LogP contribution in [0.15, 0.2) is 36.4 Å². The predicted octanol–water partition coefficient (Wildman–Crippen LogP) is 3.72. The van der Waals surface area contributed by atoms with Crippen LogP contribution in [0.3, 0.4) is 0 Å². The first kappa shape index (κ1) is 9.34. The van der Waals surface area contributed by atoms with E-state index in [-0.39, 0.29) is 5.38 Å². The van der Waals surface area contributed by atoms with Crippen molar-refractivity contribution < 1.29 is 0 Å². The Kier molecular flexibility index (Phi) is 3.89. The Labute approximate surface area is 78.9 Å². The van der Waals surface area contributed by atoms with Crippen LogP contribution in [-0.2, 0) is 0 Å². The molecule has 0 aromatic heterocycles. The van der Waals surface area contributed by atoms with E-state index in [1.54, 1.807) is 0 Å². The summed E-state index contributed by atoms with van der Waals surface area (Å²) in [5.41, 5.74) is 1.21. The summed E-state index contributed by atoms with van der Waals surface area (Å²) in [5.74, 6) is 0. The molecule has 0 fully saturated rings. The molecule has 0 saturated heterocycles. The third-order valence-electron chi connectivity index (χ3n) is 1.69. The highest BCUT2D eigenvalue weighted by molar-refractivity contribution is 6.22. The van der Waals surface area contributed by atoms with Crippen molar-refractivity contribution in [3.05, 3.63) is 42.0 Å². The van der Waals surface area contributed by atoms with E-state index >= 15 is 0 Å². The summed E-state index contributed by atoms with van der Waals surface area (Å²) in [5, 5.41) is 0.158. The number of alkyl halides is 1. The van der Waals surface area contributed by atoms with Gasteiger partial charge < -0.3 is 0 Å². The van der Waals surface area contributed by atoms with Crippen LogP contribution < -0.4 is 0 Å². The first-order valence-corrected chi connectivity index (χ1v) is 4.64. The minimum Gasteiger partial charge on any atom is -0.118 e. The third kappa shape index (κ3) is 3.10. The van der Waals surface area contributed by atoms with Crippen molar-refractivity contribution in [3.63, 3.8) is 0 Å². The van der Waals surface area contributed by atoms with Gasteiger partial charge in [-0.05, 0) is 12.0 Å². The second-order valence-corrected chi connectivity index (χ2v) is 3.25. The van der Waals surface area contributed by atoms with Gasteiger partial charge in [0.25, 0.3) is 0 Å². The highest BCUT2D eigenvalue weighted by atomic mass is 35.5. The molecule has 1 aromatic carbocycles. The van der Waals surface area contributed by atoms with Crippen LogP contribution in [0.4, 0.5) is 0 Å². The van der Waals surface area contributed by atoms with Gasteiger partial charge in [-0.3, -0.25) is 0 Å². The molecule has 12 heavy (non-hydrogen) atoms. The molecule has 0 spiro atoms. The molecular formula is C11H13Cl. The standard InChI is InChI=1S/C11H13Cl/c1-2-11(12)9-8-10-6-4-3-5-7-10/h3-9,11H,2H2,1H3. The average molecular weight is 181 g/mol. The molecule has 0 heterocycles. The summed E-state index contributed by atoms with van der Waals surface area (Å²) in [6, 6.07) is 10.2. The average Bonchev–Trinajstić information content (AvgIpc) is 2.16. The maximum Gasteiger partial charge on any atom is 0.0516 e. The first-order valence-electron chi connectivity index (χ1n) is 4.20. The molecule has 0 bridgehead atoms. The molecule has 0 amide bonds. The van der Waals surface area contributed by atoms with Crippen LogP contribution in [0.25, 0.3) is 6.08 Å². The summed E-state index contributed by atoms with van der Waals surface area (Å²) in [6.07, 6.45) is 5.06. The molecule has 64 valence electrons. The summed E-state index contributed by atoms with van der Waals surface area (Å²) in [7, 11) is 0. The Balaban J connectivity index is 2.58. The third-order valence-corrected chi connectivity index (χ3v) is 2.14. The Morgan fingerprint density at radius 1 is 1.33 bits per heavy atom. The minimum absolute atomic E-state index is 0.158. The Morgan fingerprint density at radius 3 is 2.58 bits per heavy atom. The lowest BCUT2D eigenvalue weighted by atomic mass is 10.2. The van der Waals surface area contributed by atoms with Gasteiger partial charge in [0, 0.05) is 0 Å². The van der Waals surface area contributed by atoms with Gasteiger partial charge >= 0.3 is 0 Å². The van der Waals surface area contributed by atoms with E-state index in [9.17, 15) is 0 Å². The summed E-state index contributed by atoms with van der Waals surface area (Å²) in [6.45, 7) is 2.08. The second kappa shape index (κ2) is 5.00. The van der Waals surface area contributed by atoms with Crippen LogP contribution in [-0.4, -0.2) is 5.38 Å². The topological polar surface area (TPSA) is 0 Å². The van der Waals surface area contributed by atoms with E-state index in [1.165, 1.54) is 5.56 Å². The fourth-order valence-corrected chi connectivity index (χ4v) is 0.988. The minimum atomic E-state index is 0.158. The van der Waals surface area contributed by atoms with Crippen molar-refractivity contribution in [2.24, 2.45) is 0 Å². The van der Waals surface area contributed by atoms with Gasteiger partial charge in [-0.2, -0.15) is 0 Å². The Morgan fingerprint density at radius 2 is 2.00 bits per heavy atom. The molecule has 0 saturated carbocycles. The van der Waals surface area contributed by atoms with E-state index in [4.69, 9.17) is 11.6 Å². The van der Waals surface area contributed by atoms with Gasteiger partial charge in [0.1, 0.15) is 0 Å². The van der Waals surface area contributed by atoms with Crippen LogP contribution in [0, 0.1) is 0 Å². The van der Waals surface area contributed by atoms with Crippen molar-refractivity contribution in [2.45, 2.75) is 18.7 Å². The van der Waals surface area contributed by atoms with Crippen molar-refractivity contribution >= 4 is 17.7 Å². The number of rotatable bonds is 3. The van der Waals surface area contributed by atoms with Crippen LogP contribution in [0.2, 0.25) is 0 Å². The van der Waals surface area contributed by atoms with E-state index in [2.05, 4.69) is 25.1 Å². The summed E-state index contributed by atoms with van der Waals surface area (Å²) in [4.78, 5) is 0. The zero-order valence-electron chi connectivity index (χ0n) is 7.20. The van der Waals surface area contributed by atoms with Gasteiger partial charge in [-0.1, -0.05) is 49.4 Å². The van der Waals surface area contributed by atoms with Gasteiger partial charge in [0.05, 0.1) is 5.38 Å². The molecular weight excluding hydrogens is 168 g/mol. The fourth-order valence-electron chi connectivity index (χ4n) is 0.916. The summed E-state index contributed by atoms with van der Waals surface area (Å²) < 4.78 is 0. The highest BCUT2D eigenvalue weighted by Gasteiger charge is 1.92. The number of hydrogen-bond donors (Lipinski definition) is 0. The van der Waals surface area contributed by atoms with Crippen molar-refractivity contribution in [1.29, 1.82) is 0 Å². The molecule has 1 atom stereocenters. The smallest absolute Gasteiger partial charge is 0.0516 e. The predicted molar refractivity (Wildman–Crippen MR) is 55.4 cm³/mol. The van der Waals surface area contributed by atoms with Crippen molar-refractivity contribution in [2.75, 3.05) is 0 Å². The van der Waals surface area contributed by atoms with E-state index in [0.717, 1.165) is 6.42 Å². The lowest BCUT2D eigenvalue weighted by Crippen LogP contribution is -1.87. The molecule has 0 nitrogen and oxygen atoms in total. The van der Waals surface area contributed by atoms with Crippen molar-refractivity contribution in [1.82, 2.24) is 0 Å². The molecule has 1 unspecified atom stereocenters. The number of hydrogen-bond acceptors (Lipinski definition) is 0. The number of allylic oxidation sites excluding steroid dienone is 1. The van der Waals surface area contributed by atoms with Gasteiger partial charge in [-0.25, -0.2) is 0 Å². The molecule has 0 aliphatic rings. The normalized spacial score (nSPS) is 13.5. The molecule has 0 aliphatic carbocycles. The molecule has 0 N–H and O–H groups in total. The number of halogens is 1. The maximum atomic E-state index is 5.93. The van der Waals surface area contributed by atoms with Gasteiger partial charge in [0.2, 0.25) is 0 Å². The zero-order chi connectivity index (χ0) is 8.81. The van der Waals surface area contributed by atoms with Crippen LogP contribution >= 0.6 is 11.6 Å². The van der Waals surface area contributed by atoms with Crippen molar-refractivity contribution in [3.8, 4) is 0 Å². The SMILES string of the molecule is CCC(Cl)C=Cc1ccccc1. The fraction of sp³-hybridized carbons (Fsp3) is 0.273.